The molecule has 7 nitrogen and oxygen atoms in total. The van der Waals surface area contributed by atoms with Crippen LogP contribution < -0.4 is 15.0 Å². The van der Waals surface area contributed by atoms with Crippen LogP contribution in [0.25, 0.3) is 10.6 Å². The maximum absolute atomic E-state index is 12.6. The lowest BCUT2D eigenvalue weighted by Gasteiger charge is -2.32. The van der Waals surface area contributed by atoms with E-state index in [0.29, 0.717) is 22.5 Å². The first-order valence-electron chi connectivity index (χ1n) is 9.73. The van der Waals surface area contributed by atoms with Crippen molar-refractivity contribution in [3.8, 4) is 16.3 Å². The van der Waals surface area contributed by atoms with Gasteiger partial charge in [-0.05, 0) is 30.5 Å². The Morgan fingerprint density at radius 1 is 1.17 bits per heavy atom. The molecule has 0 saturated carbocycles. The van der Waals surface area contributed by atoms with Gasteiger partial charge in [0.2, 0.25) is 11.0 Å². The number of nitrogens with one attached hydrogen (secondary N) is 1. The molecule has 1 atom stereocenters. The van der Waals surface area contributed by atoms with Gasteiger partial charge in [-0.2, -0.15) is 0 Å². The van der Waals surface area contributed by atoms with E-state index in [1.54, 1.807) is 25.1 Å². The molecule has 1 aromatic heterocycles. The van der Waals surface area contributed by atoms with Crippen molar-refractivity contribution in [1.82, 2.24) is 10.2 Å². The van der Waals surface area contributed by atoms with Crippen molar-refractivity contribution in [1.29, 1.82) is 0 Å². The fraction of sp³-hybridized carbons (Fsp3) is 0.273. The minimum absolute atomic E-state index is 0.123. The molecule has 0 fully saturated rings. The molecule has 1 unspecified atom stereocenters. The Morgan fingerprint density at radius 2 is 1.90 bits per heavy atom. The maximum atomic E-state index is 12.6. The van der Waals surface area contributed by atoms with Crippen LogP contribution in [0.1, 0.15) is 32.3 Å². The summed E-state index contributed by atoms with van der Waals surface area (Å²) in [7, 11) is 0. The van der Waals surface area contributed by atoms with Gasteiger partial charge in [0.15, 0.2) is 6.10 Å². The number of ether oxygens (including phenoxy) is 1. The zero-order valence-electron chi connectivity index (χ0n) is 17.0. The Labute approximate surface area is 178 Å². The Morgan fingerprint density at radius 3 is 2.63 bits per heavy atom. The number of nitrogens with zero attached hydrogens (tertiary/aromatic N) is 3. The van der Waals surface area contributed by atoms with Crippen LogP contribution >= 0.6 is 11.3 Å². The van der Waals surface area contributed by atoms with Crippen LogP contribution in [0.5, 0.6) is 5.75 Å². The van der Waals surface area contributed by atoms with Crippen LogP contribution in [0.15, 0.2) is 48.5 Å². The SMILES string of the molecule is CC1Oc2ccccc2N(CC(=O)Nc2nnc(-c3ccc(C(C)C)cc3)s2)C1=O. The average molecular weight is 423 g/mol. The Kier molecular flexibility index (Phi) is 5.50. The summed E-state index contributed by atoms with van der Waals surface area (Å²) in [5, 5.41) is 12.1. The first-order chi connectivity index (χ1) is 14.4. The van der Waals surface area contributed by atoms with Crippen LogP contribution in [-0.4, -0.2) is 34.7 Å². The van der Waals surface area contributed by atoms with Crippen LogP contribution in [-0.2, 0) is 9.59 Å². The molecule has 8 heteroatoms. The molecule has 0 spiro atoms. The molecule has 2 heterocycles. The molecular formula is C22H22N4O3S. The number of amides is 2. The van der Waals surface area contributed by atoms with Crippen LogP contribution in [0.4, 0.5) is 10.8 Å². The van der Waals surface area contributed by atoms with E-state index < -0.39 is 6.10 Å². The smallest absolute Gasteiger partial charge is 0.268 e. The summed E-state index contributed by atoms with van der Waals surface area (Å²) in [6.07, 6.45) is -0.644. The van der Waals surface area contributed by atoms with Crippen molar-refractivity contribution < 1.29 is 14.3 Å². The van der Waals surface area contributed by atoms with Crippen molar-refractivity contribution in [2.45, 2.75) is 32.8 Å². The maximum Gasteiger partial charge on any atom is 0.268 e. The molecule has 154 valence electrons. The summed E-state index contributed by atoms with van der Waals surface area (Å²) in [4.78, 5) is 26.6. The summed E-state index contributed by atoms with van der Waals surface area (Å²) in [5.74, 6) is 0.441. The van der Waals surface area contributed by atoms with Crippen LogP contribution in [0.2, 0.25) is 0 Å². The number of rotatable bonds is 5. The van der Waals surface area contributed by atoms with E-state index in [9.17, 15) is 9.59 Å². The van der Waals surface area contributed by atoms with Gasteiger partial charge < -0.3 is 4.74 Å². The first-order valence-corrected chi connectivity index (χ1v) is 10.5. The highest BCUT2D eigenvalue weighted by atomic mass is 32.1. The van der Waals surface area contributed by atoms with Gasteiger partial charge in [-0.25, -0.2) is 0 Å². The molecule has 4 rings (SSSR count). The van der Waals surface area contributed by atoms with Gasteiger partial charge >= 0.3 is 0 Å². The van der Waals surface area contributed by atoms with E-state index in [0.717, 1.165) is 10.6 Å². The van der Waals surface area contributed by atoms with Crippen molar-refractivity contribution in [3.05, 3.63) is 54.1 Å². The number of hydrogen-bond acceptors (Lipinski definition) is 6. The van der Waals surface area contributed by atoms with Crippen LogP contribution in [0.3, 0.4) is 0 Å². The normalized spacial score (nSPS) is 15.7. The van der Waals surface area contributed by atoms with Gasteiger partial charge in [0, 0.05) is 5.56 Å². The Balaban J connectivity index is 1.46. The third-order valence-electron chi connectivity index (χ3n) is 4.87. The van der Waals surface area contributed by atoms with E-state index in [2.05, 4.69) is 41.5 Å². The van der Waals surface area contributed by atoms with Crippen molar-refractivity contribution in [2.75, 3.05) is 16.8 Å². The monoisotopic (exact) mass is 422 g/mol. The van der Waals surface area contributed by atoms with E-state index in [4.69, 9.17) is 4.74 Å². The van der Waals surface area contributed by atoms with Gasteiger partial charge in [0.05, 0.1) is 5.69 Å². The number of para-hydroxylation sites is 2. The number of aromatic nitrogens is 2. The first kappa shape index (κ1) is 20.0. The minimum Gasteiger partial charge on any atom is -0.479 e. The molecule has 0 radical (unpaired) electrons. The molecule has 2 aromatic carbocycles. The molecule has 30 heavy (non-hydrogen) atoms. The summed E-state index contributed by atoms with van der Waals surface area (Å²) in [6.45, 7) is 5.84. The van der Waals surface area contributed by atoms with Gasteiger partial charge in [-0.3, -0.25) is 19.8 Å². The second kappa shape index (κ2) is 8.23. The lowest BCUT2D eigenvalue weighted by atomic mass is 10.0. The molecule has 1 N–H and O–H groups in total. The zero-order chi connectivity index (χ0) is 21.3. The highest BCUT2D eigenvalue weighted by Gasteiger charge is 2.32. The summed E-state index contributed by atoms with van der Waals surface area (Å²) in [6, 6.07) is 15.3. The number of carbonyl (C=O) groups excluding carboxylic acids is 2. The number of anilines is 2. The quantitative estimate of drug-likeness (QED) is 0.670. The number of hydrogen-bond donors (Lipinski definition) is 1. The highest BCUT2D eigenvalue weighted by molar-refractivity contribution is 7.18. The zero-order valence-corrected chi connectivity index (χ0v) is 17.8. The molecule has 0 saturated heterocycles. The second-order valence-corrected chi connectivity index (χ2v) is 8.37. The lowest BCUT2D eigenvalue weighted by Crippen LogP contribution is -2.47. The molecule has 0 aliphatic carbocycles. The fourth-order valence-corrected chi connectivity index (χ4v) is 3.99. The predicted molar refractivity (Wildman–Crippen MR) is 117 cm³/mol. The second-order valence-electron chi connectivity index (χ2n) is 7.39. The fourth-order valence-electron chi connectivity index (χ4n) is 3.23. The van der Waals surface area contributed by atoms with Crippen molar-refractivity contribution in [3.63, 3.8) is 0 Å². The van der Waals surface area contributed by atoms with Crippen molar-refractivity contribution in [2.24, 2.45) is 0 Å². The molecule has 1 aliphatic rings. The lowest BCUT2D eigenvalue weighted by molar-refractivity contribution is -0.127. The minimum atomic E-state index is -0.644. The van der Waals surface area contributed by atoms with E-state index in [1.807, 2.05) is 18.2 Å². The molecule has 3 aromatic rings. The van der Waals surface area contributed by atoms with Gasteiger partial charge in [-0.1, -0.05) is 61.6 Å². The van der Waals surface area contributed by atoms with E-state index in [1.165, 1.54) is 21.8 Å². The van der Waals surface area contributed by atoms with E-state index >= 15 is 0 Å². The predicted octanol–water partition coefficient (Wildman–Crippen LogP) is 4.08. The molecule has 1 aliphatic heterocycles. The Hall–Kier alpha value is -3.26. The van der Waals surface area contributed by atoms with E-state index in [-0.39, 0.29) is 18.4 Å². The number of fused-ring (bicyclic) bond motifs is 1. The third-order valence-corrected chi connectivity index (χ3v) is 5.76. The molecule has 2 amide bonds. The van der Waals surface area contributed by atoms with Gasteiger partial charge in [-0.15, -0.1) is 10.2 Å². The van der Waals surface area contributed by atoms with Crippen molar-refractivity contribution >= 4 is 34.0 Å². The largest absolute Gasteiger partial charge is 0.479 e. The van der Waals surface area contributed by atoms with Gasteiger partial charge in [0.1, 0.15) is 17.3 Å². The highest BCUT2D eigenvalue weighted by Crippen LogP contribution is 2.33. The molecule has 0 bridgehead atoms. The van der Waals surface area contributed by atoms with Crippen LogP contribution in [0, 0.1) is 0 Å². The Bertz CT molecular complexity index is 1080. The number of benzene rings is 2. The number of carbonyl (C=O) groups is 2. The summed E-state index contributed by atoms with van der Waals surface area (Å²) in [5.41, 5.74) is 2.78. The summed E-state index contributed by atoms with van der Waals surface area (Å²) >= 11 is 1.30. The standard InChI is InChI=1S/C22H22N4O3S/c1-13(2)15-8-10-16(11-9-15)20-24-25-22(30-20)23-19(27)12-26-17-6-4-5-7-18(17)29-14(3)21(26)28/h4-11,13-14H,12H2,1-3H3,(H,23,25,27). The molecular weight excluding hydrogens is 400 g/mol. The topological polar surface area (TPSA) is 84.4 Å². The van der Waals surface area contributed by atoms with Gasteiger partial charge in [0.25, 0.3) is 5.91 Å². The third kappa shape index (κ3) is 4.04. The average Bonchev–Trinajstić information content (AvgIpc) is 3.19. The summed E-state index contributed by atoms with van der Waals surface area (Å²) < 4.78 is 5.61.